The number of aliphatic hydroxyl groups excluding tert-OH is 1. The molecule has 0 heterocycles. The molecule has 17 heavy (non-hydrogen) atoms. The standard InChI is InChI=1S/C14H25NO2/c1-12(2)8(7-9(12)16)15-11(17)10-13(3,4)14(10,5)6/h8-10,16H,7H2,1-6H3,(H,15,17). The van der Waals surface area contributed by atoms with Crippen molar-refractivity contribution in [3.8, 4) is 0 Å². The summed E-state index contributed by atoms with van der Waals surface area (Å²) in [6.07, 6.45) is 0.403. The van der Waals surface area contributed by atoms with Gasteiger partial charge in [0.2, 0.25) is 5.91 Å². The highest BCUT2D eigenvalue weighted by molar-refractivity contribution is 5.84. The molecule has 1 amide bonds. The third-order valence-corrected chi connectivity index (χ3v) is 5.82. The third-order valence-electron chi connectivity index (χ3n) is 5.82. The van der Waals surface area contributed by atoms with E-state index in [9.17, 15) is 9.90 Å². The molecule has 0 aromatic heterocycles. The first-order chi connectivity index (χ1) is 7.53. The van der Waals surface area contributed by atoms with E-state index < -0.39 is 0 Å². The molecule has 0 aromatic carbocycles. The summed E-state index contributed by atoms with van der Waals surface area (Å²) < 4.78 is 0. The Balaban J connectivity index is 1.97. The van der Waals surface area contributed by atoms with Crippen LogP contribution in [0.4, 0.5) is 0 Å². The summed E-state index contributed by atoms with van der Waals surface area (Å²) in [4.78, 5) is 12.2. The first-order valence-electron chi connectivity index (χ1n) is 6.51. The highest BCUT2D eigenvalue weighted by Crippen LogP contribution is 2.68. The van der Waals surface area contributed by atoms with E-state index in [1.807, 2.05) is 13.8 Å². The van der Waals surface area contributed by atoms with Gasteiger partial charge in [0, 0.05) is 17.4 Å². The minimum absolute atomic E-state index is 0.0869. The zero-order chi connectivity index (χ0) is 13.2. The van der Waals surface area contributed by atoms with Gasteiger partial charge in [0.25, 0.3) is 0 Å². The minimum atomic E-state index is -0.284. The second-order valence-electron chi connectivity index (χ2n) is 7.51. The second-order valence-corrected chi connectivity index (χ2v) is 7.51. The molecule has 0 spiro atoms. The van der Waals surface area contributed by atoms with Crippen molar-refractivity contribution in [1.82, 2.24) is 5.32 Å². The van der Waals surface area contributed by atoms with Crippen LogP contribution in [-0.2, 0) is 4.79 Å². The molecule has 2 saturated carbocycles. The molecule has 2 atom stereocenters. The maximum atomic E-state index is 12.2. The lowest BCUT2D eigenvalue weighted by atomic mass is 9.64. The van der Waals surface area contributed by atoms with Gasteiger partial charge in [-0.05, 0) is 17.3 Å². The monoisotopic (exact) mass is 239 g/mol. The van der Waals surface area contributed by atoms with Crippen molar-refractivity contribution in [3.05, 3.63) is 0 Å². The molecule has 98 valence electrons. The molecule has 2 aliphatic rings. The van der Waals surface area contributed by atoms with E-state index in [0.717, 1.165) is 0 Å². The van der Waals surface area contributed by atoms with Crippen molar-refractivity contribution in [3.63, 3.8) is 0 Å². The summed E-state index contributed by atoms with van der Waals surface area (Å²) in [6, 6.07) is 0.122. The fourth-order valence-electron chi connectivity index (χ4n) is 3.25. The van der Waals surface area contributed by atoms with Gasteiger partial charge in [-0.2, -0.15) is 0 Å². The molecule has 2 unspecified atom stereocenters. The zero-order valence-electron chi connectivity index (χ0n) is 11.8. The lowest BCUT2D eigenvalue weighted by Crippen LogP contribution is -2.61. The number of nitrogens with one attached hydrogen (secondary N) is 1. The van der Waals surface area contributed by atoms with E-state index in [1.54, 1.807) is 0 Å². The summed E-state index contributed by atoms with van der Waals surface area (Å²) in [5, 5.41) is 12.8. The van der Waals surface area contributed by atoms with Gasteiger partial charge in [-0.15, -0.1) is 0 Å². The number of rotatable bonds is 2. The van der Waals surface area contributed by atoms with E-state index in [1.165, 1.54) is 0 Å². The van der Waals surface area contributed by atoms with Crippen molar-refractivity contribution >= 4 is 5.91 Å². The summed E-state index contributed by atoms with van der Waals surface area (Å²) in [5.74, 6) is 0.258. The SMILES string of the molecule is CC1(C)C(O)CC1NC(=O)C1C(C)(C)C1(C)C. The van der Waals surface area contributed by atoms with Crippen LogP contribution < -0.4 is 5.32 Å². The lowest BCUT2D eigenvalue weighted by Gasteiger charge is -2.49. The van der Waals surface area contributed by atoms with Gasteiger partial charge in [0.1, 0.15) is 0 Å². The Kier molecular flexibility index (Phi) is 2.46. The molecule has 0 aromatic rings. The molecular formula is C14H25NO2. The van der Waals surface area contributed by atoms with Gasteiger partial charge in [0.05, 0.1) is 6.10 Å². The number of hydrogen-bond acceptors (Lipinski definition) is 2. The molecule has 0 bridgehead atoms. The fourth-order valence-corrected chi connectivity index (χ4v) is 3.25. The van der Waals surface area contributed by atoms with Crippen LogP contribution in [0.25, 0.3) is 0 Å². The van der Waals surface area contributed by atoms with E-state index in [4.69, 9.17) is 0 Å². The van der Waals surface area contributed by atoms with Crippen LogP contribution in [0.5, 0.6) is 0 Å². The normalized spacial score (nSPS) is 37.1. The van der Waals surface area contributed by atoms with Crippen LogP contribution in [-0.4, -0.2) is 23.2 Å². The largest absolute Gasteiger partial charge is 0.392 e. The average molecular weight is 239 g/mol. The van der Waals surface area contributed by atoms with Crippen LogP contribution in [0.2, 0.25) is 0 Å². The maximum absolute atomic E-state index is 12.2. The minimum Gasteiger partial charge on any atom is -0.392 e. The van der Waals surface area contributed by atoms with Crippen LogP contribution in [0.15, 0.2) is 0 Å². The average Bonchev–Trinajstić information content (AvgIpc) is 2.56. The topological polar surface area (TPSA) is 49.3 Å². The van der Waals surface area contributed by atoms with Crippen LogP contribution in [0.1, 0.15) is 48.0 Å². The molecule has 2 aliphatic carbocycles. The predicted octanol–water partition coefficient (Wildman–Crippen LogP) is 1.94. The zero-order valence-corrected chi connectivity index (χ0v) is 11.8. The number of amides is 1. The quantitative estimate of drug-likeness (QED) is 0.773. The lowest BCUT2D eigenvalue weighted by molar-refractivity contribution is -0.131. The van der Waals surface area contributed by atoms with Crippen LogP contribution in [0, 0.1) is 22.2 Å². The molecule has 3 heteroatoms. The van der Waals surface area contributed by atoms with Crippen molar-refractivity contribution in [2.75, 3.05) is 0 Å². The molecule has 0 aliphatic heterocycles. The van der Waals surface area contributed by atoms with Gasteiger partial charge in [0.15, 0.2) is 0 Å². The molecule has 2 N–H and O–H groups in total. The van der Waals surface area contributed by atoms with Gasteiger partial charge in [-0.25, -0.2) is 0 Å². The highest BCUT2D eigenvalue weighted by Gasteiger charge is 2.68. The second kappa shape index (κ2) is 3.25. The van der Waals surface area contributed by atoms with Crippen molar-refractivity contribution in [2.24, 2.45) is 22.2 Å². The van der Waals surface area contributed by atoms with Crippen LogP contribution in [0.3, 0.4) is 0 Å². The fraction of sp³-hybridized carbons (Fsp3) is 0.929. The molecule has 2 rings (SSSR count). The van der Waals surface area contributed by atoms with Gasteiger partial charge in [-0.3, -0.25) is 4.79 Å². The number of carbonyl (C=O) groups is 1. The highest BCUT2D eigenvalue weighted by atomic mass is 16.3. The number of carbonyl (C=O) groups excluding carboxylic acids is 1. The summed E-state index contributed by atoms with van der Waals surface area (Å²) in [7, 11) is 0. The summed E-state index contributed by atoms with van der Waals surface area (Å²) in [5.41, 5.74) is -0.00792. The molecule has 0 saturated heterocycles. The molecule has 2 fully saturated rings. The van der Waals surface area contributed by atoms with E-state index in [-0.39, 0.29) is 40.2 Å². The third kappa shape index (κ3) is 1.55. The first kappa shape index (κ1) is 12.9. The van der Waals surface area contributed by atoms with Gasteiger partial charge in [-0.1, -0.05) is 41.5 Å². The van der Waals surface area contributed by atoms with Crippen molar-refractivity contribution in [1.29, 1.82) is 0 Å². The van der Waals surface area contributed by atoms with E-state index in [2.05, 4.69) is 33.0 Å². The van der Waals surface area contributed by atoms with Gasteiger partial charge >= 0.3 is 0 Å². The molecule has 3 nitrogen and oxygen atoms in total. The molecule has 0 radical (unpaired) electrons. The van der Waals surface area contributed by atoms with E-state index >= 15 is 0 Å². The van der Waals surface area contributed by atoms with Crippen LogP contribution >= 0.6 is 0 Å². The smallest absolute Gasteiger partial charge is 0.224 e. The Morgan fingerprint density at radius 3 is 1.88 bits per heavy atom. The Labute approximate surface area is 104 Å². The molecular weight excluding hydrogens is 214 g/mol. The Morgan fingerprint density at radius 1 is 1.12 bits per heavy atom. The first-order valence-corrected chi connectivity index (χ1v) is 6.51. The van der Waals surface area contributed by atoms with Crippen molar-refractivity contribution < 1.29 is 9.90 Å². The van der Waals surface area contributed by atoms with Gasteiger partial charge < -0.3 is 10.4 Å². The maximum Gasteiger partial charge on any atom is 0.224 e. The predicted molar refractivity (Wildman–Crippen MR) is 67.4 cm³/mol. The summed E-state index contributed by atoms with van der Waals surface area (Å²) >= 11 is 0. The number of hydrogen-bond donors (Lipinski definition) is 2. The Hall–Kier alpha value is -0.570. The Morgan fingerprint density at radius 2 is 1.59 bits per heavy atom. The summed E-state index contributed by atoms with van der Waals surface area (Å²) in [6.45, 7) is 12.6. The number of aliphatic hydroxyl groups is 1. The van der Waals surface area contributed by atoms with E-state index in [0.29, 0.717) is 6.42 Å². The van der Waals surface area contributed by atoms with Crippen molar-refractivity contribution in [2.45, 2.75) is 60.1 Å². The Bertz CT molecular complexity index is 343.